The summed E-state index contributed by atoms with van der Waals surface area (Å²) in [6.07, 6.45) is 5.92. The monoisotopic (exact) mass is 147 g/mol. The molecule has 1 rings (SSSR count). The molecule has 58 valence electrons. The molecule has 0 spiro atoms. The predicted molar refractivity (Wildman–Crippen MR) is 48.4 cm³/mol. The van der Waals surface area contributed by atoms with Crippen LogP contribution in [0.15, 0.2) is 18.3 Å². The van der Waals surface area contributed by atoms with Crippen LogP contribution >= 0.6 is 0 Å². The molecule has 0 saturated carbocycles. The summed E-state index contributed by atoms with van der Waals surface area (Å²) in [6.45, 7) is 6.13. The van der Waals surface area contributed by atoms with E-state index in [2.05, 4.69) is 24.9 Å². The van der Waals surface area contributed by atoms with E-state index >= 15 is 0 Å². The Kier molecular flexibility index (Phi) is 2.42. The molecule has 0 atom stereocenters. The minimum absolute atomic E-state index is 1.07. The van der Waals surface area contributed by atoms with Crippen molar-refractivity contribution in [1.82, 2.24) is 4.98 Å². The van der Waals surface area contributed by atoms with Gasteiger partial charge in [0, 0.05) is 6.20 Å². The Bertz CT molecular complexity index is 274. The van der Waals surface area contributed by atoms with Crippen LogP contribution in [0.5, 0.6) is 0 Å². The van der Waals surface area contributed by atoms with Crippen molar-refractivity contribution in [2.24, 2.45) is 0 Å². The Morgan fingerprint density at radius 3 is 2.64 bits per heavy atom. The highest BCUT2D eigenvalue weighted by Gasteiger charge is 1.93. The fraction of sp³-hybridized carbons (Fsp3) is 0.300. The van der Waals surface area contributed by atoms with Gasteiger partial charge in [-0.15, -0.1) is 0 Å². The van der Waals surface area contributed by atoms with Gasteiger partial charge in [0.1, 0.15) is 0 Å². The number of hydrogen-bond donors (Lipinski definition) is 0. The van der Waals surface area contributed by atoms with Gasteiger partial charge in [-0.2, -0.15) is 0 Å². The third kappa shape index (κ3) is 1.90. The molecule has 1 heteroatoms. The van der Waals surface area contributed by atoms with Gasteiger partial charge in [0.05, 0.1) is 5.69 Å². The Morgan fingerprint density at radius 1 is 1.36 bits per heavy atom. The van der Waals surface area contributed by atoms with Crippen molar-refractivity contribution < 1.29 is 0 Å². The zero-order chi connectivity index (χ0) is 8.27. The first kappa shape index (κ1) is 7.99. The lowest BCUT2D eigenvalue weighted by Gasteiger charge is -1.99. The summed E-state index contributed by atoms with van der Waals surface area (Å²) in [4.78, 5) is 4.28. The van der Waals surface area contributed by atoms with E-state index in [0.717, 1.165) is 5.69 Å². The lowest BCUT2D eigenvalue weighted by Crippen LogP contribution is -1.86. The summed E-state index contributed by atoms with van der Waals surface area (Å²) in [5.74, 6) is 0. The number of rotatable bonds is 1. The third-order valence-corrected chi connectivity index (χ3v) is 1.58. The highest BCUT2D eigenvalue weighted by atomic mass is 14.7. The van der Waals surface area contributed by atoms with E-state index in [1.807, 2.05) is 25.3 Å². The van der Waals surface area contributed by atoms with Crippen LogP contribution in [-0.2, 0) is 0 Å². The lowest BCUT2D eigenvalue weighted by atomic mass is 10.1. The second kappa shape index (κ2) is 3.33. The van der Waals surface area contributed by atoms with Crippen molar-refractivity contribution >= 4 is 6.08 Å². The molecule has 0 fully saturated rings. The number of hydrogen-bond acceptors (Lipinski definition) is 1. The number of allylic oxidation sites excluding steroid dienone is 1. The standard InChI is InChI=1S/C10H13N/c1-4-5-10-9(3)6-8(2)7-11-10/h4-7H,1-3H3. The zero-order valence-corrected chi connectivity index (χ0v) is 7.26. The van der Waals surface area contributed by atoms with Crippen molar-refractivity contribution in [1.29, 1.82) is 0 Å². The molecule has 0 aliphatic carbocycles. The van der Waals surface area contributed by atoms with Crippen molar-refractivity contribution in [3.63, 3.8) is 0 Å². The Hall–Kier alpha value is -1.11. The molecule has 0 saturated heterocycles. The highest BCUT2D eigenvalue weighted by Crippen LogP contribution is 2.07. The Balaban J connectivity index is 3.09. The average molecular weight is 147 g/mol. The molecule has 1 heterocycles. The van der Waals surface area contributed by atoms with E-state index < -0.39 is 0 Å². The van der Waals surface area contributed by atoms with Crippen LogP contribution in [0.2, 0.25) is 0 Å². The minimum Gasteiger partial charge on any atom is -0.256 e. The van der Waals surface area contributed by atoms with E-state index in [4.69, 9.17) is 0 Å². The molecule has 1 aromatic rings. The SMILES string of the molecule is CC=Cc1ncc(C)cc1C. The lowest BCUT2D eigenvalue weighted by molar-refractivity contribution is 1.19. The molecule has 1 aromatic heterocycles. The van der Waals surface area contributed by atoms with Crippen molar-refractivity contribution in [2.45, 2.75) is 20.8 Å². The first-order chi connectivity index (χ1) is 5.24. The molecule has 0 aliphatic heterocycles. The molecule has 0 aromatic carbocycles. The summed E-state index contributed by atoms with van der Waals surface area (Å²) in [7, 11) is 0. The molecule has 0 radical (unpaired) electrons. The molecule has 0 N–H and O–H groups in total. The number of aryl methyl sites for hydroxylation is 2. The van der Waals surface area contributed by atoms with Crippen LogP contribution in [0.1, 0.15) is 23.7 Å². The fourth-order valence-corrected chi connectivity index (χ4v) is 1.06. The third-order valence-electron chi connectivity index (χ3n) is 1.58. The van der Waals surface area contributed by atoms with Crippen LogP contribution in [0.25, 0.3) is 6.08 Å². The quantitative estimate of drug-likeness (QED) is 0.595. The smallest absolute Gasteiger partial charge is 0.0655 e. The fourth-order valence-electron chi connectivity index (χ4n) is 1.06. The molecule has 0 unspecified atom stereocenters. The molecule has 11 heavy (non-hydrogen) atoms. The molecule has 0 aliphatic rings. The molecule has 0 bridgehead atoms. The normalized spacial score (nSPS) is 10.8. The van der Waals surface area contributed by atoms with E-state index in [1.54, 1.807) is 0 Å². The Morgan fingerprint density at radius 2 is 2.09 bits per heavy atom. The first-order valence-corrected chi connectivity index (χ1v) is 3.80. The van der Waals surface area contributed by atoms with Crippen LogP contribution in [-0.4, -0.2) is 4.98 Å². The maximum atomic E-state index is 4.28. The van der Waals surface area contributed by atoms with Crippen LogP contribution in [0, 0.1) is 13.8 Å². The van der Waals surface area contributed by atoms with Gasteiger partial charge in [-0.05, 0) is 38.0 Å². The summed E-state index contributed by atoms with van der Waals surface area (Å²) >= 11 is 0. The van der Waals surface area contributed by atoms with Crippen molar-refractivity contribution in [3.8, 4) is 0 Å². The topological polar surface area (TPSA) is 12.9 Å². The summed E-state index contributed by atoms with van der Waals surface area (Å²) in [5.41, 5.74) is 3.52. The highest BCUT2D eigenvalue weighted by molar-refractivity contribution is 5.48. The zero-order valence-electron chi connectivity index (χ0n) is 7.26. The number of aromatic nitrogens is 1. The number of pyridine rings is 1. The van der Waals surface area contributed by atoms with E-state index in [0.29, 0.717) is 0 Å². The van der Waals surface area contributed by atoms with E-state index in [9.17, 15) is 0 Å². The number of nitrogens with zero attached hydrogens (tertiary/aromatic N) is 1. The molecule has 1 nitrogen and oxygen atoms in total. The second-order valence-electron chi connectivity index (χ2n) is 2.71. The van der Waals surface area contributed by atoms with Gasteiger partial charge in [0.15, 0.2) is 0 Å². The predicted octanol–water partition coefficient (Wildman–Crippen LogP) is 2.73. The van der Waals surface area contributed by atoms with Gasteiger partial charge in [0.2, 0.25) is 0 Å². The minimum atomic E-state index is 1.07. The van der Waals surface area contributed by atoms with Gasteiger partial charge in [-0.1, -0.05) is 12.1 Å². The van der Waals surface area contributed by atoms with Gasteiger partial charge in [0.25, 0.3) is 0 Å². The average Bonchev–Trinajstić information content (AvgIpc) is 1.95. The van der Waals surface area contributed by atoms with E-state index in [1.165, 1.54) is 11.1 Å². The van der Waals surface area contributed by atoms with Crippen molar-refractivity contribution in [2.75, 3.05) is 0 Å². The van der Waals surface area contributed by atoms with Gasteiger partial charge in [-0.3, -0.25) is 4.98 Å². The summed E-state index contributed by atoms with van der Waals surface area (Å²) in [6, 6.07) is 2.14. The molecular formula is C10H13N. The first-order valence-electron chi connectivity index (χ1n) is 3.80. The second-order valence-corrected chi connectivity index (χ2v) is 2.71. The molecular weight excluding hydrogens is 134 g/mol. The Labute approximate surface area is 67.8 Å². The van der Waals surface area contributed by atoms with E-state index in [-0.39, 0.29) is 0 Å². The van der Waals surface area contributed by atoms with Crippen molar-refractivity contribution in [3.05, 3.63) is 35.2 Å². The van der Waals surface area contributed by atoms with Crippen LogP contribution < -0.4 is 0 Å². The van der Waals surface area contributed by atoms with Crippen LogP contribution in [0.4, 0.5) is 0 Å². The van der Waals surface area contributed by atoms with Crippen LogP contribution in [0.3, 0.4) is 0 Å². The maximum Gasteiger partial charge on any atom is 0.0655 e. The largest absolute Gasteiger partial charge is 0.256 e. The molecule has 0 amide bonds. The van der Waals surface area contributed by atoms with Gasteiger partial charge >= 0.3 is 0 Å². The van der Waals surface area contributed by atoms with Gasteiger partial charge in [-0.25, -0.2) is 0 Å². The maximum absolute atomic E-state index is 4.28. The van der Waals surface area contributed by atoms with Gasteiger partial charge < -0.3 is 0 Å². The summed E-state index contributed by atoms with van der Waals surface area (Å²) < 4.78 is 0. The summed E-state index contributed by atoms with van der Waals surface area (Å²) in [5, 5.41) is 0.